The van der Waals surface area contributed by atoms with Gasteiger partial charge in [-0.3, -0.25) is 14.1 Å². The highest BCUT2D eigenvalue weighted by Gasteiger charge is 2.21. The third-order valence-electron chi connectivity index (χ3n) is 1.21. The quantitative estimate of drug-likeness (QED) is 0.563. The molecule has 0 fully saturated rings. The molecule has 0 radical (unpaired) electrons. The number of carbonyl (C=O) groups excluding carboxylic acids is 2. The first-order chi connectivity index (χ1) is 6.99. The second kappa shape index (κ2) is 8.50. The van der Waals surface area contributed by atoms with E-state index >= 15 is 0 Å². The Morgan fingerprint density at radius 1 is 1.20 bits per heavy atom. The largest absolute Gasteiger partial charge is 0.329 e. The standard InChI is InChI=1S/C7H13O5PS2/c1-3-5(8)14-7(12-13(10)11)15-6(9)4-2/h7,10-11H,3-4H2,1-2H3. The van der Waals surface area contributed by atoms with Gasteiger partial charge in [-0.05, 0) is 23.5 Å². The van der Waals surface area contributed by atoms with Crippen LogP contribution in [0.4, 0.5) is 0 Å². The summed E-state index contributed by atoms with van der Waals surface area (Å²) in [7, 11) is -2.56. The monoisotopic (exact) mass is 272 g/mol. The number of hydrogen-bond acceptors (Lipinski definition) is 7. The average Bonchev–Trinajstić information content (AvgIpc) is 2.16. The van der Waals surface area contributed by atoms with E-state index in [1.807, 2.05) is 0 Å². The van der Waals surface area contributed by atoms with Crippen molar-refractivity contribution in [2.24, 2.45) is 0 Å². The molecule has 5 nitrogen and oxygen atoms in total. The Kier molecular flexibility index (Phi) is 8.69. The van der Waals surface area contributed by atoms with Gasteiger partial charge in [0.2, 0.25) is 0 Å². The molecule has 0 aliphatic heterocycles. The molecule has 88 valence electrons. The highest BCUT2D eigenvalue weighted by molar-refractivity contribution is 8.29. The van der Waals surface area contributed by atoms with Gasteiger partial charge in [-0.2, -0.15) is 0 Å². The van der Waals surface area contributed by atoms with Crippen molar-refractivity contribution in [1.82, 2.24) is 0 Å². The molecule has 0 bridgehead atoms. The van der Waals surface area contributed by atoms with Gasteiger partial charge >= 0.3 is 8.60 Å². The highest BCUT2D eigenvalue weighted by Crippen LogP contribution is 2.38. The van der Waals surface area contributed by atoms with Crippen LogP contribution >= 0.6 is 32.1 Å². The van der Waals surface area contributed by atoms with Crippen LogP contribution in [0, 0.1) is 0 Å². The molecule has 8 heteroatoms. The van der Waals surface area contributed by atoms with Crippen LogP contribution < -0.4 is 0 Å². The predicted molar refractivity (Wildman–Crippen MR) is 62.0 cm³/mol. The van der Waals surface area contributed by atoms with E-state index in [1.54, 1.807) is 13.8 Å². The minimum atomic E-state index is -2.56. The minimum absolute atomic E-state index is 0.159. The molecule has 0 aliphatic rings. The molecular weight excluding hydrogens is 259 g/mol. The van der Waals surface area contributed by atoms with E-state index in [0.29, 0.717) is 12.8 Å². The SMILES string of the molecule is CCC(=O)SC(OP(O)O)SC(=O)CC. The summed E-state index contributed by atoms with van der Waals surface area (Å²) in [6, 6.07) is 0. The minimum Gasteiger partial charge on any atom is -0.328 e. The van der Waals surface area contributed by atoms with E-state index < -0.39 is 13.4 Å². The third kappa shape index (κ3) is 8.19. The maximum atomic E-state index is 11.1. The van der Waals surface area contributed by atoms with Crippen molar-refractivity contribution in [1.29, 1.82) is 0 Å². The molecule has 2 N–H and O–H groups in total. The summed E-state index contributed by atoms with van der Waals surface area (Å²) in [6.45, 7) is 3.36. The fraction of sp³-hybridized carbons (Fsp3) is 0.714. The lowest BCUT2D eigenvalue weighted by atomic mass is 10.6. The zero-order valence-electron chi connectivity index (χ0n) is 8.37. The van der Waals surface area contributed by atoms with Crippen LogP contribution in [0.2, 0.25) is 0 Å². The Bertz CT molecular complexity index is 205. The highest BCUT2D eigenvalue weighted by atomic mass is 32.2. The van der Waals surface area contributed by atoms with Crippen molar-refractivity contribution in [2.75, 3.05) is 0 Å². The smallest absolute Gasteiger partial charge is 0.328 e. The first-order valence-electron chi connectivity index (χ1n) is 4.23. The zero-order chi connectivity index (χ0) is 11.8. The van der Waals surface area contributed by atoms with E-state index in [2.05, 4.69) is 4.52 Å². The molecule has 0 heterocycles. The summed E-state index contributed by atoms with van der Waals surface area (Å²) < 4.78 is 3.79. The Labute approximate surface area is 98.0 Å². The average molecular weight is 272 g/mol. The van der Waals surface area contributed by atoms with Gasteiger partial charge < -0.3 is 9.79 Å². The summed E-state index contributed by atoms with van der Waals surface area (Å²) in [5.41, 5.74) is 0. The molecule has 0 amide bonds. The first kappa shape index (κ1) is 15.3. The Morgan fingerprint density at radius 2 is 1.60 bits per heavy atom. The van der Waals surface area contributed by atoms with Gasteiger partial charge in [0.25, 0.3) is 0 Å². The fourth-order valence-electron chi connectivity index (χ4n) is 0.525. The van der Waals surface area contributed by atoms with Crippen molar-refractivity contribution in [3.63, 3.8) is 0 Å². The van der Waals surface area contributed by atoms with Crippen LogP contribution in [-0.2, 0) is 14.1 Å². The van der Waals surface area contributed by atoms with Crippen molar-refractivity contribution >= 4 is 42.4 Å². The van der Waals surface area contributed by atoms with Gasteiger partial charge in [0.05, 0.1) is 0 Å². The molecule has 0 atom stereocenters. The molecule has 0 saturated carbocycles. The summed E-state index contributed by atoms with van der Waals surface area (Å²) >= 11 is 1.59. The fourth-order valence-corrected chi connectivity index (χ4v) is 3.08. The molecular formula is C7H13O5PS2. The maximum absolute atomic E-state index is 11.1. The van der Waals surface area contributed by atoms with E-state index in [-0.39, 0.29) is 10.2 Å². The Balaban J connectivity index is 4.17. The first-order valence-corrected chi connectivity index (χ1v) is 7.15. The van der Waals surface area contributed by atoms with Gasteiger partial charge in [-0.15, -0.1) is 0 Å². The Morgan fingerprint density at radius 3 is 1.87 bits per heavy atom. The summed E-state index contributed by atoms with van der Waals surface area (Å²) in [5.74, 6) is 0. The molecule has 0 unspecified atom stereocenters. The van der Waals surface area contributed by atoms with E-state index in [0.717, 1.165) is 23.5 Å². The van der Waals surface area contributed by atoms with E-state index in [9.17, 15) is 9.59 Å². The molecule has 0 aliphatic carbocycles. The molecule has 0 aromatic rings. The van der Waals surface area contributed by atoms with Crippen molar-refractivity contribution in [3.05, 3.63) is 0 Å². The molecule has 15 heavy (non-hydrogen) atoms. The van der Waals surface area contributed by atoms with Crippen LogP contribution in [0.15, 0.2) is 0 Å². The number of carbonyl (C=O) groups is 2. The molecule has 0 aromatic heterocycles. The van der Waals surface area contributed by atoms with Crippen LogP contribution in [0.1, 0.15) is 26.7 Å². The van der Waals surface area contributed by atoms with Crippen LogP contribution in [0.3, 0.4) is 0 Å². The number of hydrogen-bond donors (Lipinski definition) is 2. The zero-order valence-corrected chi connectivity index (χ0v) is 10.9. The number of thioether (sulfide) groups is 2. The molecule has 0 aromatic carbocycles. The Hall–Kier alpha value is 0.350. The van der Waals surface area contributed by atoms with Crippen molar-refractivity contribution in [3.8, 4) is 0 Å². The molecule has 0 saturated heterocycles. The van der Waals surface area contributed by atoms with Crippen LogP contribution in [-0.4, -0.2) is 24.8 Å². The normalized spacial score (nSPS) is 11.1. The van der Waals surface area contributed by atoms with Crippen LogP contribution in [0.25, 0.3) is 0 Å². The second-order valence-corrected chi connectivity index (χ2v) is 5.59. The topological polar surface area (TPSA) is 83.8 Å². The van der Waals surface area contributed by atoms with Crippen molar-refractivity contribution in [2.45, 2.75) is 31.5 Å². The lowest BCUT2D eigenvalue weighted by molar-refractivity contribution is -0.111. The van der Waals surface area contributed by atoms with Gasteiger partial charge in [-0.1, -0.05) is 13.8 Å². The lowest BCUT2D eigenvalue weighted by Gasteiger charge is -2.14. The number of rotatable bonds is 6. The van der Waals surface area contributed by atoms with Gasteiger partial charge in [0.1, 0.15) is 0 Å². The summed E-state index contributed by atoms with van der Waals surface area (Å²) in [6.07, 6.45) is 0.611. The third-order valence-corrected chi connectivity index (χ3v) is 4.16. The molecule has 0 spiro atoms. The van der Waals surface area contributed by atoms with Crippen LogP contribution in [0.5, 0.6) is 0 Å². The summed E-state index contributed by atoms with van der Waals surface area (Å²) in [5, 5.41) is -0.318. The van der Waals surface area contributed by atoms with E-state index in [1.165, 1.54) is 0 Å². The second-order valence-electron chi connectivity index (χ2n) is 2.33. The van der Waals surface area contributed by atoms with Gasteiger partial charge in [0, 0.05) is 12.8 Å². The van der Waals surface area contributed by atoms with Gasteiger partial charge in [0.15, 0.2) is 15.0 Å². The summed E-state index contributed by atoms with van der Waals surface area (Å²) in [4.78, 5) is 39.4. The predicted octanol–water partition coefficient (Wildman–Crippen LogP) is 1.84. The van der Waals surface area contributed by atoms with Gasteiger partial charge in [-0.25, -0.2) is 0 Å². The van der Waals surface area contributed by atoms with E-state index in [4.69, 9.17) is 9.79 Å². The lowest BCUT2D eigenvalue weighted by Crippen LogP contribution is -2.07. The molecule has 0 rings (SSSR count). The van der Waals surface area contributed by atoms with Crippen molar-refractivity contribution < 1.29 is 23.9 Å². The maximum Gasteiger partial charge on any atom is 0.329 e.